The van der Waals surface area contributed by atoms with Gasteiger partial charge < -0.3 is 19.9 Å². The number of ether oxygens (including phenoxy) is 2. The van der Waals surface area contributed by atoms with Crippen molar-refractivity contribution < 1.29 is 24.2 Å². The number of benzene rings is 1. The van der Waals surface area contributed by atoms with E-state index in [0.29, 0.717) is 29.9 Å². The molecule has 0 aliphatic heterocycles. The number of carboxylic acids is 1. The monoisotopic (exact) mass is 323 g/mol. The minimum absolute atomic E-state index is 0.0962. The summed E-state index contributed by atoms with van der Waals surface area (Å²) in [6.45, 7) is 3.75. The molecule has 0 radical (unpaired) electrons. The summed E-state index contributed by atoms with van der Waals surface area (Å²) in [5, 5.41) is 12.0. The van der Waals surface area contributed by atoms with Gasteiger partial charge in [-0.2, -0.15) is 0 Å². The summed E-state index contributed by atoms with van der Waals surface area (Å²) in [5.74, 6) is 0.0728. The maximum absolute atomic E-state index is 12.4. The fraction of sp³-hybridized carbons (Fsp3) is 0.529. The molecule has 0 saturated heterocycles. The Balaban J connectivity index is 2.92. The Morgan fingerprint density at radius 3 is 2.30 bits per heavy atom. The van der Waals surface area contributed by atoms with Crippen LogP contribution in [-0.2, 0) is 16.0 Å². The van der Waals surface area contributed by atoms with Crippen LogP contribution < -0.4 is 14.8 Å². The number of rotatable bonds is 9. The summed E-state index contributed by atoms with van der Waals surface area (Å²) in [4.78, 5) is 23.5. The van der Waals surface area contributed by atoms with Crippen LogP contribution in [0.1, 0.15) is 38.7 Å². The first-order valence-electron chi connectivity index (χ1n) is 7.63. The van der Waals surface area contributed by atoms with Gasteiger partial charge in [-0.05, 0) is 31.0 Å². The largest absolute Gasteiger partial charge is 0.497 e. The molecule has 0 aliphatic carbocycles. The van der Waals surface area contributed by atoms with Crippen molar-refractivity contribution in [3.8, 4) is 11.5 Å². The quantitative estimate of drug-likeness (QED) is 0.729. The highest BCUT2D eigenvalue weighted by Crippen LogP contribution is 2.25. The lowest BCUT2D eigenvalue weighted by molar-refractivity contribution is -0.139. The minimum Gasteiger partial charge on any atom is -0.497 e. The molecular formula is C17H25NO5. The van der Waals surface area contributed by atoms with E-state index in [0.717, 1.165) is 0 Å². The molecule has 6 nitrogen and oxygen atoms in total. The molecule has 128 valence electrons. The van der Waals surface area contributed by atoms with Crippen LogP contribution in [0.25, 0.3) is 0 Å². The van der Waals surface area contributed by atoms with Crippen LogP contribution in [0.3, 0.4) is 0 Å². The van der Waals surface area contributed by atoms with Crippen molar-refractivity contribution >= 4 is 11.9 Å². The maximum Gasteiger partial charge on any atom is 0.305 e. The number of carbonyl (C=O) groups excluding carboxylic acids is 1. The molecule has 1 rings (SSSR count). The minimum atomic E-state index is -0.923. The summed E-state index contributed by atoms with van der Waals surface area (Å²) < 4.78 is 10.4. The Labute approximate surface area is 136 Å². The molecule has 0 spiro atoms. The van der Waals surface area contributed by atoms with Gasteiger partial charge in [0.25, 0.3) is 0 Å². The highest BCUT2D eigenvalue weighted by atomic mass is 16.5. The zero-order chi connectivity index (χ0) is 17.5. The predicted octanol–water partition coefficient (Wildman–Crippen LogP) is 2.40. The number of aliphatic carboxylic acids is 1. The first kappa shape index (κ1) is 18.8. The Kier molecular flexibility index (Phi) is 6.88. The predicted molar refractivity (Wildman–Crippen MR) is 87.0 cm³/mol. The van der Waals surface area contributed by atoms with E-state index < -0.39 is 11.5 Å². The molecule has 1 amide bonds. The Morgan fingerprint density at radius 1 is 1.17 bits per heavy atom. The van der Waals surface area contributed by atoms with Gasteiger partial charge in [0.15, 0.2) is 0 Å². The van der Waals surface area contributed by atoms with Gasteiger partial charge in [-0.25, -0.2) is 0 Å². The summed E-state index contributed by atoms with van der Waals surface area (Å²) >= 11 is 0. The van der Waals surface area contributed by atoms with E-state index in [1.807, 2.05) is 13.8 Å². The maximum atomic E-state index is 12.4. The van der Waals surface area contributed by atoms with Gasteiger partial charge in [0.2, 0.25) is 5.91 Å². The third-order valence-corrected chi connectivity index (χ3v) is 4.09. The number of carboxylic acid groups (broad SMARTS) is 1. The molecule has 0 unspecified atom stereocenters. The van der Waals surface area contributed by atoms with E-state index in [1.165, 1.54) is 7.11 Å². The van der Waals surface area contributed by atoms with Crippen LogP contribution in [0, 0.1) is 0 Å². The van der Waals surface area contributed by atoms with Crippen molar-refractivity contribution in [2.75, 3.05) is 14.2 Å². The van der Waals surface area contributed by atoms with Crippen LogP contribution in [0.2, 0.25) is 0 Å². The average Bonchev–Trinajstić information content (AvgIpc) is 2.53. The molecule has 0 fully saturated rings. The number of nitrogens with one attached hydrogen (secondary N) is 1. The second-order valence-corrected chi connectivity index (χ2v) is 5.46. The van der Waals surface area contributed by atoms with E-state index in [9.17, 15) is 9.59 Å². The number of hydrogen-bond donors (Lipinski definition) is 2. The molecule has 6 heteroatoms. The summed E-state index contributed by atoms with van der Waals surface area (Å²) in [5.41, 5.74) is -0.0320. The van der Waals surface area contributed by atoms with Gasteiger partial charge in [-0.1, -0.05) is 13.8 Å². The second kappa shape index (κ2) is 8.41. The van der Waals surface area contributed by atoms with Gasteiger partial charge in [0.05, 0.1) is 27.1 Å². The molecule has 0 saturated carbocycles. The van der Waals surface area contributed by atoms with E-state index >= 15 is 0 Å². The van der Waals surface area contributed by atoms with Crippen LogP contribution in [0.5, 0.6) is 11.5 Å². The summed E-state index contributed by atoms with van der Waals surface area (Å²) in [6, 6.07) is 5.24. The van der Waals surface area contributed by atoms with E-state index in [2.05, 4.69) is 5.32 Å². The SMILES string of the molecule is CCC(CC)(CC(=O)O)NC(=O)Cc1cc(OC)ccc1OC. The van der Waals surface area contributed by atoms with Crippen LogP contribution >= 0.6 is 0 Å². The van der Waals surface area contributed by atoms with Gasteiger partial charge in [0.1, 0.15) is 11.5 Å². The molecule has 2 N–H and O–H groups in total. The van der Waals surface area contributed by atoms with Gasteiger partial charge in [-0.3, -0.25) is 9.59 Å². The van der Waals surface area contributed by atoms with Crippen molar-refractivity contribution in [2.24, 2.45) is 0 Å². The zero-order valence-corrected chi connectivity index (χ0v) is 14.1. The second-order valence-electron chi connectivity index (χ2n) is 5.46. The van der Waals surface area contributed by atoms with E-state index in [-0.39, 0.29) is 18.7 Å². The lowest BCUT2D eigenvalue weighted by Crippen LogP contribution is -2.49. The molecule has 0 heterocycles. The molecule has 23 heavy (non-hydrogen) atoms. The van der Waals surface area contributed by atoms with Crippen LogP contribution in [0.4, 0.5) is 0 Å². The van der Waals surface area contributed by atoms with Crippen LogP contribution in [0.15, 0.2) is 18.2 Å². The van der Waals surface area contributed by atoms with Crippen molar-refractivity contribution in [1.29, 1.82) is 0 Å². The molecule has 0 aliphatic rings. The number of methoxy groups -OCH3 is 2. The molecule has 0 atom stereocenters. The van der Waals surface area contributed by atoms with Crippen molar-refractivity contribution in [3.63, 3.8) is 0 Å². The fourth-order valence-corrected chi connectivity index (χ4v) is 2.54. The molecule has 1 aromatic rings. The third-order valence-electron chi connectivity index (χ3n) is 4.09. The normalized spacial score (nSPS) is 11.0. The van der Waals surface area contributed by atoms with Gasteiger partial charge in [-0.15, -0.1) is 0 Å². The van der Waals surface area contributed by atoms with Crippen molar-refractivity contribution in [2.45, 2.75) is 45.1 Å². The topological polar surface area (TPSA) is 84.9 Å². The lowest BCUT2D eigenvalue weighted by Gasteiger charge is -2.31. The van der Waals surface area contributed by atoms with E-state index in [1.54, 1.807) is 25.3 Å². The average molecular weight is 323 g/mol. The standard InChI is InChI=1S/C17H25NO5/c1-5-17(6-2,11-16(20)21)18-15(19)10-12-9-13(22-3)7-8-14(12)23-4/h7-9H,5-6,10-11H2,1-4H3,(H,18,19)(H,20,21). The smallest absolute Gasteiger partial charge is 0.305 e. The number of carbonyl (C=O) groups is 2. The Hall–Kier alpha value is -2.24. The lowest BCUT2D eigenvalue weighted by atomic mass is 9.88. The van der Waals surface area contributed by atoms with E-state index in [4.69, 9.17) is 14.6 Å². The van der Waals surface area contributed by atoms with Gasteiger partial charge in [0, 0.05) is 11.1 Å². The first-order chi connectivity index (χ1) is 10.9. The van der Waals surface area contributed by atoms with Crippen molar-refractivity contribution in [1.82, 2.24) is 5.32 Å². The Bertz CT molecular complexity index is 552. The third kappa shape index (κ3) is 5.16. The van der Waals surface area contributed by atoms with Crippen molar-refractivity contribution in [3.05, 3.63) is 23.8 Å². The molecular weight excluding hydrogens is 298 g/mol. The number of hydrogen-bond acceptors (Lipinski definition) is 4. The summed E-state index contributed by atoms with van der Waals surface area (Å²) in [7, 11) is 3.09. The zero-order valence-electron chi connectivity index (χ0n) is 14.1. The number of amides is 1. The summed E-state index contributed by atoms with van der Waals surface area (Å²) in [6.07, 6.45) is 1.11. The Morgan fingerprint density at radius 2 is 1.83 bits per heavy atom. The highest BCUT2D eigenvalue weighted by Gasteiger charge is 2.31. The van der Waals surface area contributed by atoms with Crippen LogP contribution in [-0.4, -0.2) is 36.7 Å². The molecule has 0 bridgehead atoms. The fourth-order valence-electron chi connectivity index (χ4n) is 2.54. The highest BCUT2D eigenvalue weighted by molar-refractivity contribution is 5.81. The molecule has 0 aromatic heterocycles. The first-order valence-corrected chi connectivity index (χ1v) is 7.63. The van der Waals surface area contributed by atoms with Gasteiger partial charge >= 0.3 is 5.97 Å². The molecule has 1 aromatic carbocycles.